The van der Waals surface area contributed by atoms with Crippen molar-refractivity contribution in [3.63, 3.8) is 0 Å². The van der Waals surface area contributed by atoms with Crippen molar-refractivity contribution in [1.82, 2.24) is 0 Å². The standard InChI is InChI=1S/C13H21NS/c1-5-13(10(2)3)14-11-6-8-12(15-4)9-7-11/h6-10,13-14H,5H2,1-4H3/t13-/m1/s1. The minimum Gasteiger partial charge on any atom is -0.382 e. The van der Waals surface area contributed by atoms with Crippen LogP contribution in [0, 0.1) is 5.92 Å². The number of anilines is 1. The van der Waals surface area contributed by atoms with Crippen LogP contribution in [0.5, 0.6) is 0 Å². The summed E-state index contributed by atoms with van der Waals surface area (Å²) < 4.78 is 0. The van der Waals surface area contributed by atoms with Crippen LogP contribution in [0.1, 0.15) is 27.2 Å². The van der Waals surface area contributed by atoms with E-state index in [9.17, 15) is 0 Å². The Balaban J connectivity index is 2.63. The van der Waals surface area contributed by atoms with Gasteiger partial charge in [-0.25, -0.2) is 0 Å². The molecule has 0 heterocycles. The van der Waals surface area contributed by atoms with Crippen LogP contribution in [0.3, 0.4) is 0 Å². The van der Waals surface area contributed by atoms with Crippen LogP contribution in [-0.2, 0) is 0 Å². The Morgan fingerprint density at radius 1 is 1.20 bits per heavy atom. The van der Waals surface area contributed by atoms with Crippen LogP contribution in [-0.4, -0.2) is 12.3 Å². The van der Waals surface area contributed by atoms with E-state index in [1.54, 1.807) is 11.8 Å². The third-order valence-electron chi connectivity index (χ3n) is 2.69. The first-order valence-electron chi connectivity index (χ1n) is 5.58. The van der Waals surface area contributed by atoms with E-state index < -0.39 is 0 Å². The monoisotopic (exact) mass is 223 g/mol. The lowest BCUT2D eigenvalue weighted by Gasteiger charge is -2.22. The quantitative estimate of drug-likeness (QED) is 0.749. The van der Waals surface area contributed by atoms with E-state index in [1.807, 2.05) is 0 Å². The summed E-state index contributed by atoms with van der Waals surface area (Å²) in [6, 6.07) is 9.23. The predicted octanol–water partition coefficient (Wildman–Crippen LogP) is 4.26. The van der Waals surface area contributed by atoms with Gasteiger partial charge in [0.15, 0.2) is 0 Å². The maximum Gasteiger partial charge on any atom is 0.0343 e. The van der Waals surface area contributed by atoms with Crippen molar-refractivity contribution >= 4 is 17.4 Å². The van der Waals surface area contributed by atoms with Crippen LogP contribution in [0.4, 0.5) is 5.69 Å². The molecule has 1 nitrogen and oxygen atoms in total. The third kappa shape index (κ3) is 3.78. The smallest absolute Gasteiger partial charge is 0.0343 e. The number of hydrogen-bond acceptors (Lipinski definition) is 2. The van der Waals surface area contributed by atoms with Crippen LogP contribution in [0.2, 0.25) is 0 Å². The van der Waals surface area contributed by atoms with Crippen LogP contribution >= 0.6 is 11.8 Å². The van der Waals surface area contributed by atoms with Gasteiger partial charge in [0.05, 0.1) is 0 Å². The molecule has 0 saturated heterocycles. The molecule has 0 spiro atoms. The maximum absolute atomic E-state index is 3.57. The second kappa shape index (κ2) is 6.06. The van der Waals surface area contributed by atoms with Gasteiger partial charge >= 0.3 is 0 Å². The lowest BCUT2D eigenvalue weighted by Crippen LogP contribution is -2.24. The molecule has 0 aliphatic heterocycles. The molecule has 0 saturated carbocycles. The fourth-order valence-electron chi connectivity index (χ4n) is 1.64. The highest BCUT2D eigenvalue weighted by Gasteiger charge is 2.09. The minimum atomic E-state index is 0.574. The van der Waals surface area contributed by atoms with Crippen molar-refractivity contribution in [1.29, 1.82) is 0 Å². The summed E-state index contributed by atoms with van der Waals surface area (Å²) in [5.41, 5.74) is 1.23. The summed E-state index contributed by atoms with van der Waals surface area (Å²) in [5.74, 6) is 0.676. The summed E-state index contributed by atoms with van der Waals surface area (Å²) in [7, 11) is 0. The summed E-state index contributed by atoms with van der Waals surface area (Å²) >= 11 is 1.78. The molecule has 1 aromatic carbocycles. The van der Waals surface area contributed by atoms with Crippen molar-refractivity contribution in [2.24, 2.45) is 5.92 Å². The Morgan fingerprint density at radius 3 is 2.20 bits per heavy atom. The van der Waals surface area contributed by atoms with Gasteiger partial charge in [-0.1, -0.05) is 20.8 Å². The van der Waals surface area contributed by atoms with E-state index in [4.69, 9.17) is 0 Å². The van der Waals surface area contributed by atoms with E-state index in [1.165, 1.54) is 17.0 Å². The third-order valence-corrected chi connectivity index (χ3v) is 3.43. The highest BCUT2D eigenvalue weighted by Crippen LogP contribution is 2.19. The normalized spacial score (nSPS) is 12.9. The summed E-state index contributed by atoms with van der Waals surface area (Å²) in [6.45, 7) is 6.75. The highest BCUT2D eigenvalue weighted by atomic mass is 32.2. The average molecular weight is 223 g/mol. The summed E-state index contributed by atoms with van der Waals surface area (Å²) in [6.07, 6.45) is 3.27. The second-order valence-corrected chi connectivity index (χ2v) is 5.01. The van der Waals surface area contributed by atoms with Gasteiger partial charge in [-0.3, -0.25) is 0 Å². The Kier molecular flexibility index (Phi) is 5.03. The first kappa shape index (κ1) is 12.4. The molecule has 15 heavy (non-hydrogen) atoms. The zero-order chi connectivity index (χ0) is 11.3. The number of rotatable bonds is 5. The maximum atomic E-state index is 3.57. The number of nitrogens with one attached hydrogen (secondary N) is 1. The van der Waals surface area contributed by atoms with Gasteiger partial charge in [0, 0.05) is 16.6 Å². The molecule has 0 aliphatic carbocycles. The van der Waals surface area contributed by atoms with Crippen LogP contribution in [0.25, 0.3) is 0 Å². The largest absolute Gasteiger partial charge is 0.382 e. The Morgan fingerprint density at radius 2 is 1.80 bits per heavy atom. The lowest BCUT2D eigenvalue weighted by molar-refractivity contribution is 0.511. The van der Waals surface area contributed by atoms with E-state index in [0.29, 0.717) is 12.0 Å². The molecule has 0 radical (unpaired) electrons. The van der Waals surface area contributed by atoms with E-state index in [0.717, 1.165) is 0 Å². The fraction of sp³-hybridized carbons (Fsp3) is 0.538. The van der Waals surface area contributed by atoms with Gasteiger partial charge in [-0.15, -0.1) is 11.8 Å². The molecule has 1 aromatic rings. The first-order chi connectivity index (χ1) is 7.17. The molecule has 84 valence electrons. The SMILES string of the molecule is CC[C@@H](Nc1ccc(SC)cc1)C(C)C. The molecule has 0 unspecified atom stereocenters. The van der Waals surface area contributed by atoms with Gasteiger partial charge < -0.3 is 5.32 Å². The van der Waals surface area contributed by atoms with Crippen molar-refractivity contribution < 1.29 is 0 Å². The van der Waals surface area contributed by atoms with E-state index in [2.05, 4.69) is 56.6 Å². The lowest BCUT2D eigenvalue weighted by atomic mass is 10.0. The van der Waals surface area contributed by atoms with Crippen molar-refractivity contribution in [2.75, 3.05) is 11.6 Å². The topological polar surface area (TPSA) is 12.0 Å². The Labute approximate surface area is 97.7 Å². The molecule has 0 fully saturated rings. The number of hydrogen-bond donors (Lipinski definition) is 1. The Bertz CT molecular complexity index is 279. The van der Waals surface area contributed by atoms with Crippen LogP contribution in [0.15, 0.2) is 29.2 Å². The first-order valence-corrected chi connectivity index (χ1v) is 6.80. The zero-order valence-corrected chi connectivity index (χ0v) is 10.9. The van der Waals surface area contributed by atoms with Crippen molar-refractivity contribution in [3.05, 3.63) is 24.3 Å². The number of thioether (sulfide) groups is 1. The molecular formula is C13H21NS. The minimum absolute atomic E-state index is 0.574. The van der Waals surface area contributed by atoms with E-state index >= 15 is 0 Å². The molecule has 0 aliphatic rings. The second-order valence-electron chi connectivity index (χ2n) is 4.13. The van der Waals surface area contributed by atoms with Gasteiger partial charge in [0.1, 0.15) is 0 Å². The number of benzene rings is 1. The summed E-state index contributed by atoms with van der Waals surface area (Å²) in [5, 5.41) is 3.57. The molecule has 1 N–H and O–H groups in total. The molecule has 0 aromatic heterocycles. The van der Waals surface area contributed by atoms with Gasteiger partial charge in [-0.05, 0) is 42.9 Å². The molecule has 1 rings (SSSR count). The highest BCUT2D eigenvalue weighted by molar-refractivity contribution is 7.98. The van der Waals surface area contributed by atoms with Gasteiger partial charge in [0.2, 0.25) is 0 Å². The van der Waals surface area contributed by atoms with Crippen molar-refractivity contribution in [2.45, 2.75) is 38.1 Å². The van der Waals surface area contributed by atoms with Gasteiger partial charge in [-0.2, -0.15) is 0 Å². The molecule has 0 bridgehead atoms. The fourth-order valence-corrected chi connectivity index (χ4v) is 2.05. The van der Waals surface area contributed by atoms with Crippen molar-refractivity contribution in [3.8, 4) is 0 Å². The van der Waals surface area contributed by atoms with Gasteiger partial charge in [0.25, 0.3) is 0 Å². The van der Waals surface area contributed by atoms with E-state index in [-0.39, 0.29) is 0 Å². The predicted molar refractivity (Wildman–Crippen MR) is 70.8 cm³/mol. The van der Waals surface area contributed by atoms with Crippen LogP contribution < -0.4 is 5.32 Å². The molecule has 2 heteroatoms. The average Bonchev–Trinajstić information content (AvgIpc) is 2.26. The molecule has 1 atom stereocenters. The Hall–Kier alpha value is -0.630. The zero-order valence-electron chi connectivity index (χ0n) is 10.1. The molecule has 0 amide bonds. The summed E-state index contributed by atoms with van der Waals surface area (Å²) in [4.78, 5) is 1.32. The molecular weight excluding hydrogens is 202 g/mol.